The SMILES string of the molecule is Nc1ccc(C(=O)O)c(-n2cnc3ccccc32)c1. The smallest absolute Gasteiger partial charge is 0.337 e. The van der Waals surface area contributed by atoms with E-state index in [1.54, 1.807) is 23.0 Å². The van der Waals surface area contributed by atoms with E-state index in [1.165, 1.54) is 6.07 Å². The minimum absolute atomic E-state index is 0.192. The second-order valence-corrected chi connectivity index (χ2v) is 4.19. The number of carboxylic acid groups (broad SMARTS) is 1. The number of anilines is 1. The molecule has 0 aliphatic carbocycles. The number of carboxylic acids is 1. The predicted molar refractivity (Wildman–Crippen MR) is 72.4 cm³/mol. The number of hydrogen-bond acceptors (Lipinski definition) is 3. The zero-order valence-electron chi connectivity index (χ0n) is 9.95. The number of imidazole rings is 1. The summed E-state index contributed by atoms with van der Waals surface area (Å²) >= 11 is 0. The van der Waals surface area contributed by atoms with Gasteiger partial charge < -0.3 is 10.8 Å². The van der Waals surface area contributed by atoms with Crippen LogP contribution in [0.15, 0.2) is 48.8 Å². The van der Waals surface area contributed by atoms with Gasteiger partial charge in [-0.3, -0.25) is 4.57 Å². The molecule has 1 aromatic heterocycles. The third-order valence-corrected chi connectivity index (χ3v) is 2.97. The first-order valence-corrected chi connectivity index (χ1v) is 5.72. The van der Waals surface area contributed by atoms with Crippen LogP contribution < -0.4 is 5.73 Å². The number of nitrogens with zero attached hydrogens (tertiary/aromatic N) is 2. The van der Waals surface area contributed by atoms with Crippen LogP contribution in [0.25, 0.3) is 16.7 Å². The van der Waals surface area contributed by atoms with Crippen LogP contribution in [0.3, 0.4) is 0 Å². The van der Waals surface area contributed by atoms with Crippen LogP contribution in [-0.2, 0) is 0 Å². The predicted octanol–water partition coefficient (Wildman–Crippen LogP) is 2.31. The molecule has 0 saturated heterocycles. The molecule has 0 spiro atoms. The Kier molecular flexibility index (Phi) is 2.45. The van der Waals surface area contributed by atoms with Crippen LogP contribution in [0.2, 0.25) is 0 Å². The Bertz CT molecular complexity index is 777. The standard InChI is InChI=1S/C14H11N3O2/c15-9-5-6-10(14(18)19)13(7-9)17-8-16-11-3-1-2-4-12(11)17/h1-8H,15H2,(H,18,19). The Hall–Kier alpha value is -2.82. The maximum atomic E-state index is 11.3. The molecule has 3 aromatic rings. The van der Waals surface area contributed by atoms with Gasteiger partial charge in [0, 0.05) is 5.69 Å². The minimum Gasteiger partial charge on any atom is -0.478 e. The van der Waals surface area contributed by atoms with Crippen LogP contribution in [0.1, 0.15) is 10.4 Å². The number of carbonyl (C=O) groups is 1. The fraction of sp³-hybridized carbons (Fsp3) is 0. The largest absolute Gasteiger partial charge is 0.478 e. The Morgan fingerprint density at radius 2 is 2.00 bits per heavy atom. The maximum absolute atomic E-state index is 11.3. The van der Waals surface area contributed by atoms with Gasteiger partial charge in [0.05, 0.1) is 22.3 Å². The summed E-state index contributed by atoms with van der Waals surface area (Å²) in [7, 11) is 0. The molecular formula is C14H11N3O2. The highest BCUT2D eigenvalue weighted by molar-refractivity contribution is 5.93. The van der Waals surface area contributed by atoms with E-state index in [-0.39, 0.29) is 5.56 Å². The first-order chi connectivity index (χ1) is 9.16. The monoisotopic (exact) mass is 253 g/mol. The van der Waals surface area contributed by atoms with Gasteiger partial charge in [-0.1, -0.05) is 12.1 Å². The lowest BCUT2D eigenvalue weighted by molar-refractivity contribution is 0.0697. The average Bonchev–Trinajstić information content (AvgIpc) is 2.82. The van der Waals surface area contributed by atoms with E-state index in [0.29, 0.717) is 11.4 Å². The molecule has 0 amide bonds. The number of aromatic nitrogens is 2. The van der Waals surface area contributed by atoms with Crippen LogP contribution in [0, 0.1) is 0 Å². The Morgan fingerprint density at radius 1 is 1.21 bits per heavy atom. The van der Waals surface area contributed by atoms with Gasteiger partial charge in [-0.2, -0.15) is 0 Å². The van der Waals surface area contributed by atoms with Gasteiger partial charge in [0.25, 0.3) is 0 Å². The summed E-state index contributed by atoms with van der Waals surface area (Å²) in [5, 5.41) is 9.25. The first kappa shape index (κ1) is 11.3. The van der Waals surface area contributed by atoms with E-state index in [9.17, 15) is 9.90 Å². The first-order valence-electron chi connectivity index (χ1n) is 5.72. The topological polar surface area (TPSA) is 81.1 Å². The van der Waals surface area contributed by atoms with Crippen molar-refractivity contribution in [3.63, 3.8) is 0 Å². The van der Waals surface area contributed by atoms with Crippen molar-refractivity contribution in [2.45, 2.75) is 0 Å². The Labute approximate surface area is 108 Å². The molecule has 5 heteroatoms. The highest BCUT2D eigenvalue weighted by Crippen LogP contribution is 2.23. The van der Waals surface area contributed by atoms with Crippen molar-refractivity contribution in [3.8, 4) is 5.69 Å². The molecule has 0 fully saturated rings. The number of nitrogen functional groups attached to an aromatic ring is 1. The van der Waals surface area contributed by atoms with Gasteiger partial charge in [0.1, 0.15) is 6.33 Å². The van der Waals surface area contributed by atoms with Gasteiger partial charge in [-0.05, 0) is 30.3 Å². The highest BCUT2D eigenvalue weighted by atomic mass is 16.4. The molecule has 0 aliphatic rings. The second kappa shape index (κ2) is 4.13. The fourth-order valence-electron chi connectivity index (χ4n) is 2.08. The number of nitrogens with two attached hydrogens (primary N) is 1. The van der Waals surface area contributed by atoms with Crippen LogP contribution >= 0.6 is 0 Å². The molecule has 94 valence electrons. The third-order valence-electron chi connectivity index (χ3n) is 2.97. The molecular weight excluding hydrogens is 242 g/mol. The zero-order valence-corrected chi connectivity index (χ0v) is 9.95. The number of hydrogen-bond donors (Lipinski definition) is 2. The van der Waals surface area contributed by atoms with Crippen LogP contribution in [-0.4, -0.2) is 20.6 Å². The molecule has 2 aromatic carbocycles. The lowest BCUT2D eigenvalue weighted by Crippen LogP contribution is -2.05. The molecule has 1 heterocycles. The molecule has 0 bridgehead atoms. The summed E-state index contributed by atoms with van der Waals surface area (Å²) in [4.78, 5) is 15.5. The van der Waals surface area contributed by atoms with Crippen molar-refractivity contribution in [1.82, 2.24) is 9.55 Å². The Balaban J connectivity index is 2.32. The zero-order chi connectivity index (χ0) is 13.4. The lowest BCUT2D eigenvalue weighted by atomic mass is 10.1. The molecule has 5 nitrogen and oxygen atoms in total. The quantitative estimate of drug-likeness (QED) is 0.687. The van der Waals surface area contributed by atoms with Crippen molar-refractivity contribution in [1.29, 1.82) is 0 Å². The summed E-state index contributed by atoms with van der Waals surface area (Å²) in [5.74, 6) is -0.993. The summed E-state index contributed by atoms with van der Waals surface area (Å²) in [6, 6.07) is 12.2. The van der Waals surface area contributed by atoms with Crippen LogP contribution in [0.5, 0.6) is 0 Å². The van der Waals surface area contributed by atoms with Crippen LogP contribution in [0.4, 0.5) is 5.69 Å². The molecule has 0 aliphatic heterocycles. The van der Waals surface area contributed by atoms with Crippen molar-refractivity contribution in [2.75, 3.05) is 5.73 Å². The normalized spacial score (nSPS) is 10.7. The molecule has 0 radical (unpaired) electrons. The van der Waals surface area contributed by atoms with Crippen molar-refractivity contribution in [3.05, 3.63) is 54.4 Å². The summed E-state index contributed by atoms with van der Waals surface area (Å²) in [6.07, 6.45) is 1.60. The number of fused-ring (bicyclic) bond motifs is 1. The van der Waals surface area contributed by atoms with E-state index in [1.807, 2.05) is 24.3 Å². The second-order valence-electron chi connectivity index (χ2n) is 4.19. The lowest BCUT2D eigenvalue weighted by Gasteiger charge is -2.09. The third kappa shape index (κ3) is 1.81. The van der Waals surface area contributed by atoms with E-state index in [4.69, 9.17) is 5.73 Å². The van der Waals surface area contributed by atoms with E-state index >= 15 is 0 Å². The van der Waals surface area contributed by atoms with E-state index in [0.717, 1.165) is 11.0 Å². The van der Waals surface area contributed by atoms with Gasteiger partial charge in [-0.15, -0.1) is 0 Å². The Morgan fingerprint density at radius 3 is 2.79 bits per heavy atom. The van der Waals surface area contributed by atoms with E-state index < -0.39 is 5.97 Å². The van der Waals surface area contributed by atoms with Crippen molar-refractivity contribution >= 4 is 22.7 Å². The van der Waals surface area contributed by atoms with E-state index in [2.05, 4.69) is 4.98 Å². The molecule has 0 saturated carbocycles. The number of benzene rings is 2. The molecule has 19 heavy (non-hydrogen) atoms. The minimum atomic E-state index is -0.993. The van der Waals surface area contributed by atoms with Gasteiger partial charge in [-0.25, -0.2) is 9.78 Å². The number of para-hydroxylation sites is 2. The molecule has 0 unspecified atom stereocenters. The van der Waals surface area contributed by atoms with Gasteiger partial charge in [0.15, 0.2) is 0 Å². The van der Waals surface area contributed by atoms with Crippen molar-refractivity contribution in [2.24, 2.45) is 0 Å². The number of aromatic carboxylic acids is 1. The van der Waals surface area contributed by atoms with Crippen molar-refractivity contribution < 1.29 is 9.90 Å². The molecule has 3 N–H and O–H groups in total. The fourth-order valence-corrected chi connectivity index (χ4v) is 2.08. The molecule has 0 atom stereocenters. The molecule has 3 rings (SSSR count). The summed E-state index contributed by atoms with van der Waals surface area (Å²) < 4.78 is 1.73. The summed E-state index contributed by atoms with van der Waals surface area (Å²) in [5.41, 5.74) is 8.62. The number of rotatable bonds is 2. The summed E-state index contributed by atoms with van der Waals surface area (Å²) in [6.45, 7) is 0. The van der Waals surface area contributed by atoms with Gasteiger partial charge in [0.2, 0.25) is 0 Å². The van der Waals surface area contributed by atoms with Gasteiger partial charge >= 0.3 is 5.97 Å². The highest BCUT2D eigenvalue weighted by Gasteiger charge is 2.13. The maximum Gasteiger partial charge on any atom is 0.337 e. The average molecular weight is 253 g/mol.